The molecule has 0 heterocycles. The third kappa shape index (κ3) is 2.73. The van der Waals surface area contributed by atoms with Crippen molar-refractivity contribution in [2.75, 3.05) is 12.3 Å². The zero-order chi connectivity index (χ0) is 14.9. The molecule has 1 aliphatic carbocycles. The average molecular weight is 301 g/mol. The van der Waals surface area contributed by atoms with Gasteiger partial charge in [-0.3, -0.25) is 4.79 Å². The maximum atomic E-state index is 12.2. The van der Waals surface area contributed by atoms with Crippen molar-refractivity contribution in [3.63, 3.8) is 0 Å². The molecule has 1 aromatic carbocycles. The van der Waals surface area contributed by atoms with Gasteiger partial charge in [0.25, 0.3) is 5.91 Å². The van der Waals surface area contributed by atoms with Crippen LogP contribution in [0.2, 0.25) is 5.02 Å². The van der Waals surface area contributed by atoms with Crippen LogP contribution in [0.5, 0.6) is 0 Å². The molecular weight excluding hydrogens is 284 g/mol. The lowest BCUT2D eigenvalue weighted by molar-refractivity contribution is 0.000141. The minimum absolute atomic E-state index is 0.142. The molecule has 6 nitrogen and oxygen atoms in total. The van der Waals surface area contributed by atoms with Crippen molar-refractivity contribution in [1.82, 2.24) is 5.32 Å². The van der Waals surface area contributed by atoms with Gasteiger partial charge in [0, 0.05) is 18.2 Å². The molecule has 2 rings (SSSR count). The van der Waals surface area contributed by atoms with Gasteiger partial charge in [0.2, 0.25) is 0 Å². The molecule has 1 fully saturated rings. The van der Waals surface area contributed by atoms with Crippen LogP contribution in [0, 0.1) is 5.92 Å². The molecule has 0 spiro atoms. The molecule has 1 saturated carbocycles. The van der Waals surface area contributed by atoms with E-state index < -0.39 is 30.1 Å². The van der Waals surface area contributed by atoms with E-state index in [1.54, 1.807) is 18.2 Å². The van der Waals surface area contributed by atoms with Crippen LogP contribution >= 0.6 is 11.6 Å². The Bertz CT molecular complexity index is 491. The lowest BCUT2D eigenvalue weighted by Gasteiger charge is -2.19. The largest absolute Gasteiger partial charge is 0.398 e. The predicted octanol–water partition coefficient (Wildman–Crippen LogP) is -0.245. The molecule has 20 heavy (non-hydrogen) atoms. The molecule has 0 aliphatic heterocycles. The fraction of sp³-hybridized carbons (Fsp3) is 0.462. The van der Waals surface area contributed by atoms with Crippen molar-refractivity contribution in [3.05, 3.63) is 28.8 Å². The Morgan fingerprint density at radius 2 is 2.10 bits per heavy atom. The maximum absolute atomic E-state index is 12.2. The summed E-state index contributed by atoms with van der Waals surface area (Å²) in [6.45, 7) is -0.251. The highest BCUT2D eigenvalue weighted by atomic mass is 35.5. The lowest BCUT2D eigenvalue weighted by Crippen LogP contribution is -2.43. The first-order valence-electron chi connectivity index (χ1n) is 6.27. The first-order valence-corrected chi connectivity index (χ1v) is 6.65. The van der Waals surface area contributed by atoms with Gasteiger partial charge in [0.1, 0.15) is 6.10 Å². The summed E-state index contributed by atoms with van der Waals surface area (Å²) in [6, 6.07) is 4.08. The van der Waals surface area contributed by atoms with E-state index in [0.29, 0.717) is 0 Å². The predicted molar refractivity (Wildman–Crippen MR) is 74.3 cm³/mol. The Hall–Kier alpha value is -1.34. The molecule has 0 unspecified atom stereocenters. The summed E-state index contributed by atoms with van der Waals surface area (Å²) >= 11 is 5.94. The number of carbonyl (C=O) groups excluding carboxylic acids is 1. The van der Waals surface area contributed by atoms with Crippen LogP contribution in [0.4, 0.5) is 5.69 Å². The Balaban J connectivity index is 2.13. The zero-order valence-corrected chi connectivity index (χ0v) is 11.4. The summed E-state index contributed by atoms with van der Waals surface area (Å²) < 4.78 is 0. The number of nitrogen functional groups attached to an aromatic ring is 1. The van der Waals surface area contributed by atoms with Gasteiger partial charge in [-0.15, -0.1) is 0 Å². The van der Waals surface area contributed by atoms with Crippen LogP contribution in [0.15, 0.2) is 18.2 Å². The molecule has 7 heteroatoms. The molecule has 1 aromatic rings. The Kier molecular flexibility index (Phi) is 4.49. The molecule has 0 saturated heterocycles. The second kappa shape index (κ2) is 5.97. The third-order valence-corrected chi connectivity index (χ3v) is 3.94. The van der Waals surface area contributed by atoms with E-state index in [1.165, 1.54) is 0 Å². The van der Waals surface area contributed by atoms with Crippen molar-refractivity contribution in [2.24, 2.45) is 5.92 Å². The van der Waals surface area contributed by atoms with Crippen LogP contribution in [-0.2, 0) is 0 Å². The summed E-state index contributed by atoms with van der Waals surface area (Å²) in [6.07, 6.45) is -1.90. The standard InChI is InChI=1S/C13H17ClN2O4/c14-7-2-1-3-8(15)10(7)13(20)16-9-4-6(5-17)11(18)12(9)19/h1-3,6,9,11-12,17-19H,4-5,15H2,(H,16,20)/t6-,9-,11-,12+/m1/s1. The van der Waals surface area contributed by atoms with E-state index in [1.807, 2.05) is 0 Å². The van der Waals surface area contributed by atoms with Gasteiger partial charge in [0.05, 0.1) is 22.7 Å². The Morgan fingerprint density at radius 3 is 2.65 bits per heavy atom. The van der Waals surface area contributed by atoms with Crippen LogP contribution in [-0.4, -0.2) is 46.1 Å². The van der Waals surface area contributed by atoms with E-state index in [0.717, 1.165) is 0 Å². The first-order chi connectivity index (χ1) is 9.45. The number of hydrogen-bond donors (Lipinski definition) is 5. The van der Waals surface area contributed by atoms with E-state index in [9.17, 15) is 15.0 Å². The SMILES string of the molecule is Nc1cccc(Cl)c1C(=O)N[C@@H]1C[C@H](CO)[C@@H](O)[C@H]1O. The van der Waals surface area contributed by atoms with Crippen molar-refractivity contribution >= 4 is 23.2 Å². The van der Waals surface area contributed by atoms with Crippen molar-refractivity contribution in [2.45, 2.75) is 24.7 Å². The van der Waals surface area contributed by atoms with Gasteiger partial charge in [-0.1, -0.05) is 17.7 Å². The second-order valence-electron chi connectivity index (χ2n) is 4.94. The van der Waals surface area contributed by atoms with E-state index >= 15 is 0 Å². The molecule has 6 N–H and O–H groups in total. The zero-order valence-electron chi connectivity index (χ0n) is 10.7. The van der Waals surface area contributed by atoms with Gasteiger partial charge >= 0.3 is 0 Å². The smallest absolute Gasteiger partial charge is 0.255 e. The van der Waals surface area contributed by atoms with Crippen molar-refractivity contribution in [1.29, 1.82) is 0 Å². The molecule has 0 aromatic heterocycles. The van der Waals surface area contributed by atoms with Crippen LogP contribution < -0.4 is 11.1 Å². The highest BCUT2D eigenvalue weighted by molar-refractivity contribution is 6.34. The number of nitrogens with one attached hydrogen (secondary N) is 1. The Morgan fingerprint density at radius 1 is 1.40 bits per heavy atom. The summed E-state index contributed by atoms with van der Waals surface area (Å²) in [4.78, 5) is 12.2. The second-order valence-corrected chi connectivity index (χ2v) is 5.35. The number of rotatable bonds is 3. The number of anilines is 1. The van der Waals surface area contributed by atoms with Gasteiger partial charge < -0.3 is 26.4 Å². The Labute approximate surface area is 121 Å². The lowest BCUT2D eigenvalue weighted by atomic mass is 10.1. The fourth-order valence-electron chi connectivity index (χ4n) is 2.47. The number of benzene rings is 1. The molecule has 0 bridgehead atoms. The van der Waals surface area contributed by atoms with Gasteiger partial charge in [-0.2, -0.15) is 0 Å². The monoisotopic (exact) mass is 300 g/mol. The van der Waals surface area contributed by atoms with Crippen LogP contribution in [0.25, 0.3) is 0 Å². The van der Waals surface area contributed by atoms with Crippen molar-refractivity contribution < 1.29 is 20.1 Å². The highest BCUT2D eigenvalue weighted by Gasteiger charge is 2.41. The third-order valence-electron chi connectivity index (χ3n) is 3.63. The maximum Gasteiger partial charge on any atom is 0.255 e. The topological polar surface area (TPSA) is 116 Å². The number of nitrogens with two attached hydrogens (primary N) is 1. The van der Waals surface area contributed by atoms with Gasteiger partial charge in [-0.25, -0.2) is 0 Å². The fourth-order valence-corrected chi connectivity index (χ4v) is 2.74. The minimum Gasteiger partial charge on any atom is -0.398 e. The number of carbonyl (C=O) groups is 1. The van der Waals surface area contributed by atoms with E-state index in [4.69, 9.17) is 22.4 Å². The number of hydrogen-bond acceptors (Lipinski definition) is 5. The molecule has 110 valence electrons. The number of amides is 1. The minimum atomic E-state index is -1.13. The highest BCUT2D eigenvalue weighted by Crippen LogP contribution is 2.28. The normalized spacial score (nSPS) is 29.4. The van der Waals surface area contributed by atoms with Crippen LogP contribution in [0.3, 0.4) is 0 Å². The molecule has 1 aliphatic rings. The van der Waals surface area contributed by atoms with Crippen LogP contribution in [0.1, 0.15) is 16.8 Å². The summed E-state index contributed by atoms with van der Waals surface area (Å²) in [7, 11) is 0. The number of aliphatic hydroxyl groups is 3. The molecule has 0 radical (unpaired) electrons. The summed E-state index contributed by atoms with van der Waals surface area (Å²) in [5.41, 5.74) is 6.09. The molecular formula is C13H17ClN2O4. The molecule has 1 amide bonds. The van der Waals surface area contributed by atoms with E-state index in [-0.39, 0.29) is 29.3 Å². The van der Waals surface area contributed by atoms with Gasteiger partial charge in [-0.05, 0) is 18.6 Å². The number of aliphatic hydroxyl groups excluding tert-OH is 3. The first kappa shape index (κ1) is 15.1. The summed E-state index contributed by atoms with van der Waals surface area (Å²) in [5, 5.41) is 31.5. The quantitative estimate of drug-likeness (QED) is 0.494. The van der Waals surface area contributed by atoms with Gasteiger partial charge in [0.15, 0.2) is 0 Å². The number of halogens is 1. The average Bonchev–Trinajstić information content (AvgIpc) is 2.66. The van der Waals surface area contributed by atoms with Crippen molar-refractivity contribution in [3.8, 4) is 0 Å². The van der Waals surface area contributed by atoms with E-state index in [2.05, 4.69) is 5.32 Å². The summed E-state index contributed by atoms with van der Waals surface area (Å²) in [5.74, 6) is -0.971. The molecule has 4 atom stereocenters.